The average Bonchev–Trinajstić information content (AvgIpc) is 3.26. The Kier molecular flexibility index (Phi) is 4.44. The molecule has 0 saturated carbocycles. The van der Waals surface area contributed by atoms with Gasteiger partial charge in [-0.15, -0.1) is 5.10 Å². The molecule has 4 aromatic rings. The summed E-state index contributed by atoms with van der Waals surface area (Å²) in [4.78, 5) is 29.0. The van der Waals surface area contributed by atoms with Crippen molar-refractivity contribution in [2.45, 2.75) is 26.9 Å². The topological polar surface area (TPSA) is 121 Å². The summed E-state index contributed by atoms with van der Waals surface area (Å²) in [6.45, 7) is 3.95. The molecule has 0 spiro atoms. The van der Waals surface area contributed by atoms with Gasteiger partial charge in [0.1, 0.15) is 18.6 Å². The van der Waals surface area contributed by atoms with Gasteiger partial charge in [0, 0.05) is 6.07 Å². The normalized spacial score (nSPS) is 11.1. The molecule has 0 unspecified atom stereocenters. The summed E-state index contributed by atoms with van der Waals surface area (Å²) in [5.74, 6) is 0.429. The molecular weight excluding hydrogens is 362 g/mol. The summed E-state index contributed by atoms with van der Waals surface area (Å²) < 4.78 is 7.62. The Labute approximate surface area is 158 Å². The number of hydrogen-bond donors (Lipinski definition) is 1. The number of aryl methyl sites for hydroxylation is 2. The highest BCUT2D eigenvalue weighted by Crippen LogP contribution is 2.09. The molecule has 0 aliphatic rings. The lowest BCUT2D eigenvalue weighted by Gasteiger charge is -2.05. The molecule has 0 fully saturated rings. The number of aromatic nitrogens is 6. The van der Waals surface area contributed by atoms with Crippen molar-refractivity contribution < 1.29 is 9.32 Å². The Morgan fingerprint density at radius 1 is 1.21 bits per heavy atom. The number of hydrogen-bond acceptors (Lipinski definition) is 7. The van der Waals surface area contributed by atoms with Gasteiger partial charge in [-0.3, -0.25) is 14.2 Å². The van der Waals surface area contributed by atoms with Crippen LogP contribution in [0.1, 0.15) is 16.9 Å². The molecule has 1 amide bonds. The van der Waals surface area contributed by atoms with Crippen LogP contribution in [0.3, 0.4) is 0 Å². The number of carbonyl (C=O) groups is 1. The molecule has 1 N–H and O–H groups in total. The van der Waals surface area contributed by atoms with E-state index in [0.717, 1.165) is 11.1 Å². The third-order valence-corrected chi connectivity index (χ3v) is 4.15. The molecule has 0 aliphatic carbocycles. The molecule has 10 nitrogen and oxygen atoms in total. The van der Waals surface area contributed by atoms with Crippen molar-refractivity contribution in [3.05, 3.63) is 63.9 Å². The molecule has 1 aromatic carbocycles. The van der Waals surface area contributed by atoms with Crippen molar-refractivity contribution in [2.24, 2.45) is 0 Å². The zero-order chi connectivity index (χ0) is 19.7. The number of rotatable bonds is 5. The number of amides is 1. The van der Waals surface area contributed by atoms with Crippen molar-refractivity contribution >= 4 is 22.9 Å². The smallest absolute Gasteiger partial charge is 0.283 e. The number of nitrogens with zero attached hydrogens (tertiary/aromatic N) is 6. The van der Waals surface area contributed by atoms with E-state index in [2.05, 4.69) is 25.8 Å². The largest absolute Gasteiger partial charge is 0.360 e. The SMILES string of the molecule is Cc1ccc(Cn2nnc3c(=O)n(CC(=O)Nc4cc(C)on4)cnc32)cc1. The molecule has 0 saturated heterocycles. The molecule has 3 heterocycles. The predicted octanol–water partition coefficient (Wildman–Crippen LogP) is 1.28. The minimum absolute atomic E-state index is 0.111. The van der Waals surface area contributed by atoms with E-state index < -0.39 is 11.5 Å². The molecule has 0 atom stereocenters. The van der Waals surface area contributed by atoms with E-state index in [9.17, 15) is 9.59 Å². The van der Waals surface area contributed by atoms with Crippen LogP contribution in [0.5, 0.6) is 0 Å². The van der Waals surface area contributed by atoms with E-state index in [1.807, 2.05) is 31.2 Å². The summed E-state index contributed by atoms with van der Waals surface area (Å²) in [6, 6.07) is 9.56. The summed E-state index contributed by atoms with van der Waals surface area (Å²) in [7, 11) is 0. The van der Waals surface area contributed by atoms with Gasteiger partial charge in [-0.05, 0) is 19.4 Å². The molecule has 0 aliphatic heterocycles. The summed E-state index contributed by atoms with van der Waals surface area (Å²) in [6.07, 6.45) is 1.31. The van der Waals surface area contributed by atoms with Crippen molar-refractivity contribution in [2.75, 3.05) is 5.32 Å². The fraction of sp³-hybridized carbons (Fsp3) is 0.222. The molecule has 142 valence electrons. The van der Waals surface area contributed by atoms with Gasteiger partial charge in [0.05, 0.1) is 6.54 Å². The van der Waals surface area contributed by atoms with Crippen molar-refractivity contribution in [1.82, 2.24) is 29.7 Å². The molecule has 0 radical (unpaired) electrons. The van der Waals surface area contributed by atoms with Crippen LogP contribution in [-0.2, 0) is 17.9 Å². The first-order valence-corrected chi connectivity index (χ1v) is 8.57. The van der Waals surface area contributed by atoms with Crippen molar-refractivity contribution in [3.8, 4) is 0 Å². The van der Waals surface area contributed by atoms with Gasteiger partial charge in [-0.25, -0.2) is 9.67 Å². The van der Waals surface area contributed by atoms with E-state index >= 15 is 0 Å². The highest BCUT2D eigenvalue weighted by atomic mass is 16.5. The number of fused-ring (bicyclic) bond motifs is 1. The second-order valence-corrected chi connectivity index (χ2v) is 6.45. The summed E-state index contributed by atoms with van der Waals surface area (Å²) >= 11 is 0. The van der Waals surface area contributed by atoms with Gasteiger partial charge in [0.2, 0.25) is 5.91 Å². The zero-order valence-corrected chi connectivity index (χ0v) is 15.3. The number of anilines is 1. The summed E-state index contributed by atoms with van der Waals surface area (Å²) in [5.41, 5.74) is 2.22. The van der Waals surface area contributed by atoms with Crippen LogP contribution in [0.25, 0.3) is 11.2 Å². The van der Waals surface area contributed by atoms with E-state index in [1.165, 1.54) is 10.9 Å². The van der Waals surface area contributed by atoms with Crippen LogP contribution < -0.4 is 10.9 Å². The first-order chi connectivity index (χ1) is 13.5. The standard InChI is InChI=1S/C18H17N7O3/c1-11-3-5-13(6-4-11)8-25-17-16(21-23-25)18(27)24(10-19-17)9-15(26)20-14-7-12(2)28-22-14/h3-7,10H,8-9H2,1-2H3,(H,20,22,26). The maximum absolute atomic E-state index is 12.6. The Morgan fingerprint density at radius 2 is 2.00 bits per heavy atom. The Balaban J connectivity index is 1.55. The quantitative estimate of drug-likeness (QED) is 0.554. The monoisotopic (exact) mass is 379 g/mol. The predicted molar refractivity (Wildman–Crippen MR) is 99.7 cm³/mol. The van der Waals surface area contributed by atoms with E-state index in [1.54, 1.807) is 17.7 Å². The molecule has 0 bridgehead atoms. The molecule has 4 rings (SSSR count). The lowest BCUT2D eigenvalue weighted by atomic mass is 10.1. The number of benzene rings is 1. The second kappa shape index (κ2) is 7.06. The lowest BCUT2D eigenvalue weighted by Crippen LogP contribution is -2.28. The van der Waals surface area contributed by atoms with E-state index in [0.29, 0.717) is 18.0 Å². The minimum Gasteiger partial charge on any atom is -0.360 e. The van der Waals surface area contributed by atoms with Crippen LogP contribution in [0.15, 0.2) is 46.0 Å². The van der Waals surface area contributed by atoms with Crippen LogP contribution in [0, 0.1) is 13.8 Å². The highest BCUT2D eigenvalue weighted by Gasteiger charge is 2.14. The molecular formula is C18H17N7O3. The lowest BCUT2D eigenvalue weighted by molar-refractivity contribution is -0.116. The van der Waals surface area contributed by atoms with Gasteiger partial charge in [0.15, 0.2) is 17.0 Å². The van der Waals surface area contributed by atoms with Gasteiger partial charge in [-0.2, -0.15) is 0 Å². The van der Waals surface area contributed by atoms with Gasteiger partial charge >= 0.3 is 0 Å². The van der Waals surface area contributed by atoms with E-state index in [-0.39, 0.29) is 17.9 Å². The van der Waals surface area contributed by atoms with Crippen molar-refractivity contribution in [1.29, 1.82) is 0 Å². The number of nitrogens with one attached hydrogen (secondary N) is 1. The molecule has 10 heteroatoms. The average molecular weight is 379 g/mol. The first-order valence-electron chi connectivity index (χ1n) is 8.57. The van der Waals surface area contributed by atoms with Gasteiger partial charge in [-0.1, -0.05) is 40.2 Å². The first kappa shape index (κ1) is 17.6. The Bertz CT molecular complexity index is 1200. The second-order valence-electron chi connectivity index (χ2n) is 6.45. The van der Waals surface area contributed by atoms with Crippen LogP contribution in [0.2, 0.25) is 0 Å². The van der Waals surface area contributed by atoms with Gasteiger partial charge < -0.3 is 9.84 Å². The number of carbonyl (C=O) groups excluding carboxylic acids is 1. The third-order valence-electron chi connectivity index (χ3n) is 4.15. The Morgan fingerprint density at radius 3 is 2.71 bits per heavy atom. The van der Waals surface area contributed by atoms with E-state index in [4.69, 9.17) is 4.52 Å². The van der Waals surface area contributed by atoms with Crippen molar-refractivity contribution in [3.63, 3.8) is 0 Å². The summed E-state index contributed by atoms with van der Waals surface area (Å²) in [5, 5.41) is 14.2. The minimum atomic E-state index is -0.438. The van der Waals surface area contributed by atoms with Crippen LogP contribution >= 0.6 is 0 Å². The maximum atomic E-state index is 12.6. The highest BCUT2D eigenvalue weighted by molar-refractivity contribution is 5.89. The van der Waals surface area contributed by atoms with Crippen LogP contribution in [0.4, 0.5) is 5.82 Å². The van der Waals surface area contributed by atoms with Crippen LogP contribution in [-0.4, -0.2) is 35.6 Å². The van der Waals surface area contributed by atoms with Gasteiger partial charge in [0.25, 0.3) is 5.56 Å². The molecule has 28 heavy (non-hydrogen) atoms. The fourth-order valence-electron chi connectivity index (χ4n) is 2.74. The maximum Gasteiger partial charge on any atom is 0.283 e. The fourth-order valence-corrected chi connectivity index (χ4v) is 2.74. The zero-order valence-electron chi connectivity index (χ0n) is 15.3. The third kappa shape index (κ3) is 3.52. The molecule has 3 aromatic heterocycles. The Hall–Kier alpha value is -3.82.